The SMILES string of the molecule is CCN(CC)C(=O)N[C@@H]1CCCCC[C@@H]1C(=O)OC. The van der Waals surface area contributed by atoms with Crippen molar-refractivity contribution < 1.29 is 14.3 Å². The molecule has 0 aliphatic heterocycles. The van der Waals surface area contributed by atoms with Crippen molar-refractivity contribution in [3.63, 3.8) is 0 Å². The van der Waals surface area contributed by atoms with Crippen LogP contribution in [-0.2, 0) is 9.53 Å². The van der Waals surface area contributed by atoms with Gasteiger partial charge < -0.3 is 15.0 Å². The second kappa shape index (κ2) is 8.02. The van der Waals surface area contributed by atoms with Crippen LogP contribution in [0.3, 0.4) is 0 Å². The normalized spacial score (nSPS) is 23.3. The lowest BCUT2D eigenvalue weighted by Gasteiger charge is -2.27. The molecule has 1 aliphatic rings. The number of carbonyl (C=O) groups is 2. The highest BCUT2D eigenvalue weighted by atomic mass is 16.5. The molecule has 0 unspecified atom stereocenters. The van der Waals surface area contributed by atoms with Gasteiger partial charge in [0.05, 0.1) is 13.0 Å². The van der Waals surface area contributed by atoms with Crippen LogP contribution in [0.25, 0.3) is 0 Å². The zero-order chi connectivity index (χ0) is 14.3. The molecule has 0 radical (unpaired) electrons. The number of esters is 1. The minimum absolute atomic E-state index is 0.0780. The van der Waals surface area contributed by atoms with Gasteiger partial charge in [-0.15, -0.1) is 0 Å². The van der Waals surface area contributed by atoms with E-state index in [1.54, 1.807) is 4.90 Å². The average Bonchev–Trinajstić information content (AvgIpc) is 2.64. The molecule has 5 heteroatoms. The molecular weight excluding hydrogens is 244 g/mol. The van der Waals surface area contributed by atoms with E-state index >= 15 is 0 Å². The molecule has 1 rings (SSSR count). The smallest absolute Gasteiger partial charge is 0.317 e. The van der Waals surface area contributed by atoms with Gasteiger partial charge in [-0.05, 0) is 26.7 Å². The molecule has 5 nitrogen and oxygen atoms in total. The molecule has 110 valence electrons. The molecule has 0 aromatic rings. The summed E-state index contributed by atoms with van der Waals surface area (Å²) >= 11 is 0. The maximum Gasteiger partial charge on any atom is 0.317 e. The highest BCUT2D eigenvalue weighted by molar-refractivity contribution is 5.77. The predicted molar refractivity (Wildman–Crippen MR) is 73.8 cm³/mol. The molecule has 0 aromatic carbocycles. The maximum atomic E-state index is 12.1. The van der Waals surface area contributed by atoms with Crippen LogP contribution in [-0.4, -0.2) is 43.1 Å². The van der Waals surface area contributed by atoms with E-state index < -0.39 is 0 Å². The molecule has 0 saturated heterocycles. The van der Waals surface area contributed by atoms with Crippen LogP contribution < -0.4 is 5.32 Å². The highest BCUT2D eigenvalue weighted by Gasteiger charge is 2.32. The Kier molecular flexibility index (Phi) is 6.67. The van der Waals surface area contributed by atoms with Gasteiger partial charge in [-0.1, -0.05) is 19.3 Å². The van der Waals surface area contributed by atoms with Crippen LogP contribution in [0.2, 0.25) is 0 Å². The first-order valence-electron chi connectivity index (χ1n) is 7.27. The summed E-state index contributed by atoms with van der Waals surface area (Å²) < 4.78 is 4.87. The van der Waals surface area contributed by atoms with Gasteiger partial charge in [0.15, 0.2) is 0 Å². The Balaban J connectivity index is 2.69. The lowest BCUT2D eigenvalue weighted by molar-refractivity contribution is -0.146. The van der Waals surface area contributed by atoms with Gasteiger partial charge in [0.1, 0.15) is 0 Å². The standard InChI is InChI=1S/C14H26N2O3/c1-4-16(5-2)14(18)15-12-10-8-6-7-9-11(12)13(17)19-3/h11-12H,4-10H2,1-3H3,(H,15,18)/t11-,12+/m0/s1. The number of hydrogen-bond donors (Lipinski definition) is 1. The van der Waals surface area contributed by atoms with Gasteiger partial charge in [0.25, 0.3) is 0 Å². The quantitative estimate of drug-likeness (QED) is 0.629. The third-order valence-corrected chi connectivity index (χ3v) is 3.88. The first-order valence-corrected chi connectivity index (χ1v) is 7.27. The first kappa shape index (κ1) is 15.8. The molecule has 19 heavy (non-hydrogen) atoms. The summed E-state index contributed by atoms with van der Waals surface area (Å²) in [7, 11) is 1.41. The summed E-state index contributed by atoms with van der Waals surface area (Å²) in [4.78, 5) is 25.7. The maximum absolute atomic E-state index is 12.1. The Morgan fingerprint density at radius 2 is 1.79 bits per heavy atom. The molecule has 1 saturated carbocycles. The van der Waals surface area contributed by atoms with Crippen LogP contribution >= 0.6 is 0 Å². The van der Waals surface area contributed by atoms with Crippen molar-refractivity contribution in [3.8, 4) is 0 Å². The molecule has 1 fully saturated rings. The summed E-state index contributed by atoms with van der Waals surface area (Å²) in [5, 5.41) is 3.01. The number of amides is 2. The van der Waals surface area contributed by atoms with Crippen molar-refractivity contribution >= 4 is 12.0 Å². The lowest BCUT2D eigenvalue weighted by Crippen LogP contribution is -2.49. The Bertz CT molecular complexity index is 303. The van der Waals surface area contributed by atoms with E-state index in [0.717, 1.165) is 32.1 Å². The van der Waals surface area contributed by atoms with Crippen molar-refractivity contribution in [1.82, 2.24) is 10.2 Å². The van der Waals surface area contributed by atoms with Crippen LogP contribution in [0, 0.1) is 5.92 Å². The van der Waals surface area contributed by atoms with Gasteiger partial charge in [0.2, 0.25) is 0 Å². The fourth-order valence-corrected chi connectivity index (χ4v) is 2.67. The summed E-state index contributed by atoms with van der Waals surface area (Å²) in [5.74, 6) is -0.404. The largest absolute Gasteiger partial charge is 0.469 e. The number of urea groups is 1. The topological polar surface area (TPSA) is 58.6 Å². The second-order valence-electron chi connectivity index (χ2n) is 5.00. The first-order chi connectivity index (χ1) is 9.13. The van der Waals surface area contributed by atoms with Gasteiger partial charge in [-0.3, -0.25) is 4.79 Å². The van der Waals surface area contributed by atoms with Crippen molar-refractivity contribution in [2.45, 2.75) is 52.0 Å². The minimum atomic E-state index is -0.202. The lowest BCUT2D eigenvalue weighted by atomic mass is 9.95. The van der Waals surface area contributed by atoms with Crippen LogP contribution in [0.15, 0.2) is 0 Å². The second-order valence-corrected chi connectivity index (χ2v) is 5.00. The Morgan fingerprint density at radius 3 is 2.37 bits per heavy atom. The minimum Gasteiger partial charge on any atom is -0.469 e. The van der Waals surface area contributed by atoms with E-state index in [4.69, 9.17) is 4.74 Å². The third-order valence-electron chi connectivity index (χ3n) is 3.88. The van der Waals surface area contributed by atoms with E-state index in [-0.39, 0.29) is 24.0 Å². The molecule has 0 spiro atoms. The van der Waals surface area contributed by atoms with Crippen molar-refractivity contribution in [2.75, 3.05) is 20.2 Å². The zero-order valence-electron chi connectivity index (χ0n) is 12.3. The van der Waals surface area contributed by atoms with Gasteiger partial charge >= 0.3 is 12.0 Å². The molecule has 0 bridgehead atoms. The summed E-state index contributed by atoms with van der Waals surface area (Å²) in [6.07, 6.45) is 4.85. The van der Waals surface area contributed by atoms with Crippen molar-refractivity contribution in [2.24, 2.45) is 5.92 Å². The Labute approximate surface area is 115 Å². The predicted octanol–water partition coefficient (Wildman–Crippen LogP) is 2.16. The zero-order valence-corrected chi connectivity index (χ0v) is 12.3. The fraction of sp³-hybridized carbons (Fsp3) is 0.857. The number of nitrogens with zero attached hydrogens (tertiary/aromatic N) is 1. The van der Waals surface area contributed by atoms with Crippen LogP contribution in [0.4, 0.5) is 4.79 Å². The van der Waals surface area contributed by atoms with Gasteiger partial charge in [0, 0.05) is 19.1 Å². The third kappa shape index (κ3) is 4.40. The van der Waals surface area contributed by atoms with Gasteiger partial charge in [-0.25, -0.2) is 4.79 Å². The van der Waals surface area contributed by atoms with Crippen molar-refractivity contribution in [1.29, 1.82) is 0 Å². The van der Waals surface area contributed by atoms with Gasteiger partial charge in [-0.2, -0.15) is 0 Å². The molecule has 0 aromatic heterocycles. The van der Waals surface area contributed by atoms with E-state index in [1.165, 1.54) is 7.11 Å². The molecule has 2 atom stereocenters. The molecule has 2 amide bonds. The monoisotopic (exact) mass is 270 g/mol. The van der Waals surface area contributed by atoms with Crippen LogP contribution in [0.1, 0.15) is 46.0 Å². The van der Waals surface area contributed by atoms with E-state index in [1.807, 2.05) is 13.8 Å². The number of nitrogens with one attached hydrogen (secondary N) is 1. The number of ether oxygens (including phenoxy) is 1. The number of rotatable bonds is 4. The fourth-order valence-electron chi connectivity index (χ4n) is 2.67. The average molecular weight is 270 g/mol. The van der Waals surface area contributed by atoms with Crippen LogP contribution in [0.5, 0.6) is 0 Å². The number of carbonyl (C=O) groups excluding carboxylic acids is 2. The molecule has 0 heterocycles. The van der Waals surface area contributed by atoms with E-state index in [2.05, 4.69) is 5.32 Å². The van der Waals surface area contributed by atoms with Crippen molar-refractivity contribution in [3.05, 3.63) is 0 Å². The summed E-state index contributed by atoms with van der Waals surface area (Å²) in [6, 6.07) is -0.172. The Morgan fingerprint density at radius 1 is 1.16 bits per heavy atom. The van der Waals surface area contributed by atoms with E-state index in [0.29, 0.717) is 13.1 Å². The molecule has 1 N–H and O–H groups in total. The highest BCUT2D eigenvalue weighted by Crippen LogP contribution is 2.24. The Hall–Kier alpha value is -1.26. The summed E-state index contributed by atoms with van der Waals surface area (Å²) in [5.41, 5.74) is 0. The number of methoxy groups -OCH3 is 1. The number of hydrogen-bond acceptors (Lipinski definition) is 3. The molecular formula is C14H26N2O3. The summed E-state index contributed by atoms with van der Waals surface area (Å²) in [6.45, 7) is 5.26. The van der Waals surface area contributed by atoms with E-state index in [9.17, 15) is 9.59 Å². The molecule has 1 aliphatic carbocycles.